The predicted molar refractivity (Wildman–Crippen MR) is 70.0 cm³/mol. The van der Waals surface area contributed by atoms with Gasteiger partial charge in [0.2, 0.25) is 0 Å². The number of rotatable bonds is 1. The summed E-state index contributed by atoms with van der Waals surface area (Å²) in [6.07, 6.45) is 2.62. The van der Waals surface area contributed by atoms with Gasteiger partial charge in [-0.1, -0.05) is 39.0 Å². The molecule has 1 nitrogen and oxygen atoms in total. The number of hydrogen-bond acceptors (Lipinski definition) is 1. The lowest BCUT2D eigenvalue weighted by atomic mass is 9.65. The molecule has 2 fully saturated rings. The summed E-state index contributed by atoms with van der Waals surface area (Å²) in [5.74, 6) is 3.46. The van der Waals surface area contributed by atoms with Crippen molar-refractivity contribution in [3.8, 4) is 5.75 Å². The van der Waals surface area contributed by atoms with E-state index in [1.54, 1.807) is 0 Å². The van der Waals surface area contributed by atoms with E-state index in [0.717, 1.165) is 17.8 Å². The van der Waals surface area contributed by atoms with Crippen LogP contribution in [0.15, 0.2) is 24.3 Å². The number of hydrogen-bond donors (Lipinski definition) is 1. The molecule has 0 aliphatic heterocycles. The Bertz CT molecular complexity index is 431. The molecule has 0 unspecified atom stereocenters. The Kier molecular flexibility index (Phi) is 2.30. The Morgan fingerprint density at radius 1 is 1.18 bits per heavy atom. The maximum atomic E-state index is 10.0. The van der Waals surface area contributed by atoms with Crippen molar-refractivity contribution in [3.63, 3.8) is 0 Å². The van der Waals surface area contributed by atoms with Crippen LogP contribution < -0.4 is 0 Å². The minimum absolute atomic E-state index is 0.492. The quantitative estimate of drug-likeness (QED) is 0.767. The largest absolute Gasteiger partial charge is 0.508 e. The number of para-hydroxylation sites is 1. The SMILES string of the molecule is C[C@@H]1[C@@H]2C[C@H](C[C@H]2c2ccccc2O)C1(C)C. The standard InChI is InChI=1S/C16H22O/c1-10-13-8-11(16(10,2)3)9-14(13)12-6-4-5-7-15(12)17/h4-7,10-11,13-14,17H,8-9H2,1-3H3/t10-,11-,13+,14+/m1/s1. The zero-order valence-corrected chi connectivity index (χ0v) is 11.0. The van der Waals surface area contributed by atoms with Gasteiger partial charge in [0.05, 0.1) is 0 Å². The van der Waals surface area contributed by atoms with E-state index < -0.39 is 0 Å². The Labute approximate surface area is 104 Å². The highest BCUT2D eigenvalue weighted by molar-refractivity contribution is 5.37. The highest BCUT2D eigenvalue weighted by atomic mass is 16.3. The molecule has 1 aromatic rings. The molecule has 0 amide bonds. The maximum absolute atomic E-state index is 10.0. The number of aromatic hydroxyl groups is 1. The van der Waals surface area contributed by atoms with Crippen LogP contribution in [0.2, 0.25) is 0 Å². The third kappa shape index (κ3) is 1.44. The molecule has 0 aromatic heterocycles. The summed E-state index contributed by atoms with van der Waals surface area (Å²) in [5, 5.41) is 10.0. The summed E-state index contributed by atoms with van der Waals surface area (Å²) in [6, 6.07) is 7.91. The summed E-state index contributed by atoms with van der Waals surface area (Å²) in [4.78, 5) is 0. The molecular formula is C16H22O. The molecule has 2 aliphatic carbocycles. The van der Waals surface area contributed by atoms with E-state index in [1.807, 2.05) is 12.1 Å². The van der Waals surface area contributed by atoms with Gasteiger partial charge >= 0.3 is 0 Å². The highest BCUT2D eigenvalue weighted by Crippen LogP contribution is 2.64. The molecule has 1 heteroatoms. The van der Waals surface area contributed by atoms with Gasteiger partial charge < -0.3 is 5.11 Å². The molecule has 17 heavy (non-hydrogen) atoms. The molecule has 4 atom stereocenters. The molecule has 0 saturated heterocycles. The van der Waals surface area contributed by atoms with Crippen molar-refractivity contribution in [2.75, 3.05) is 0 Å². The fourth-order valence-corrected chi connectivity index (χ4v) is 4.31. The molecule has 2 bridgehead atoms. The van der Waals surface area contributed by atoms with E-state index >= 15 is 0 Å². The predicted octanol–water partition coefficient (Wildman–Crippen LogP) is 4.18. The van der Waals surface area contributed by atoms with Crippen LogP contribution >= 0.6 is 0 Å². The van der Waals surface area contributed by atoms with Gasteiger partial charge in [-0.2, -0.15) is 0 Å². The lowest BCUT2D eigenvalue weighted by Gasteiger charge is -2.40. The second kappa shape index (κ2) is 3.51. The Hall–Kier alpha value is -0.980. The molecule has 0 radical (unpaired) electrons. The third-order valence-corrected chi connectivity index (χ3v) is 5.82. The molecule has 0 spiro atoms. The molecule has 3 rings (SSSR count). The number of phenolic OH excluding ortho intramolecular Hbond substituents is 1. The van der Waals surface area contributed by atoms with Crippen LogP contribution in [-0.2, 0) is 0 Å². The summed E-state index contributed by atoms with van der Waals surface area (Å²) < 4.78 is 0. The first-order valence-electron chi connectivity index (χ1n) is 6.79. The van der Waals surface area contributed by atoms with Gasteiger partial charge in [-0.05, 0) is 53.6 Å². The zero-order valence-electron chi connectivity index (χ0n) is 11.0. The van der Waals surface area contributed by atoms with Crippen molar-refractivity contribution in [1.29, 1.82) is 0 Å². The highest BCUT2D eigenvalue weighted by Gasteiger charge is 2.55. The number of fused-ring (bicyclic) bond motifs is 2. The van der Waals surface area contributed by atoms with E-state index in [1.165, 1.54) is 18.4 Å². The molecule has 92 valence electrons. The van der Waals surface area contributed by atoms with Crippen LogP contribution in [0.1, 0.15) is 45.1 Å². The lowest BCUT2D eigenvalue weighted by molar-refractivity contribution is 0.121. The van der Waals surface area contributed by atoms with Gasteiger partial charge in [0.25, 0.3) is 0 Å². The Balaban J connectivity index is 1.93. The van der Waals surface area contributed by atoms with E-state index in [0.29, 0.717) is 17.1 Å². The van der Waals surface area contributed by atoms with Gasteiger partial charge in [-0.3, -0.25) is 0 Å². The molecular weight excluding hydrogens is 208 g/mol. The monoisotopic (exact) mass is 230 g/mol. The van der Waals surface area contributed by atoms with Gasteiger partial charge in [-0.15, -0.1) is 0 Å². The van der Waals surface area contributed by atoms with Crippen LogP contribution in [0.3, 0.4) is 0 Å². The molecule has 0 heterocycles. The first kappa shape index (κ1) is 11.1. The summed E-state index contributed by atoms with van der Waals surface area (Å²) in [6.45, 7) is 7.24. The minimum Gasteiger partial charge on any atom is -0.508 e. The van der Waals surface area contributed by atoms with Crippen molar-refractivity contribution in [2.45, 2.75) is 39.5 Å². The van der Waals surface area contributed by atoms with Crippen LogP contribution in [0, 0.1) is 23.2 Å². The van der Waals surface area contributed by atoms with Gasteiger partial charge in [0.15, 0.2) is 0 Å². The Morgan fingerprint density at radius 3 is 2.47 bits per heavy atom. The molecule has 1 aromatic carbocycles. The average Bonchev–Trinajstić information content (AvgIpc) is 2.80. The Morgan fingerprint density at radius 2 is 1.88 bits per heavy atom. The average molecular weight is 230 g/mol. The van der Waals surface area contributed by atoms with E-state index in [9.17, 15) is 5.11 Å². The molecule has 2 saturated carbocycles. The fourth-order valence-electron chi connectivity index (χ4n) is 4.31. The normalized spacial score (nSPS) is 38.5. The van der Waals surface area contributed by atoms with E-state index in [4.69, 9.17) is 0 Å². The van der Waals surface area contributed by atoms with Crippen LogP contribution in [0.25, 0.3) is 0 Å². The molecule has 1 N–H and O–H groups in total. The van der Waals surface area contributed by atoms with Crippen molar-refractivity contribution in [2.24, 2.45) is 23.2 Å². The minimum atomic E-state index is 0.492. The summed E-state index contributed by atoms with van der Waals surface area (Å²) >= 11 is 0. The van der Waals surface area contributed by atoms with Crippen molar-refractivity contribution >= 4 is 0 Å². The van der Waals surface area contributed by atoms with Crippen LogP contribution in [0.4, 0.5) is 0 Å². The van der Waals surface area contributed by atoms with Crippen molar-refractivity contribution < 1.29 is 5.11 Å². The third-order valence-electron chi connectivity index (χ3n) is 5.82. The molecule has 2 aliphatic rings. The van der Waals surface area contributed by atoms with Gasteiger partial charge in [-0.25, -0.2) is 0 Å². The fraction of sp³-hybridized carbons (Fsp3) is 0.625. The number of benzene rings is 1. The summed E-state index contributed by atoms with van der Waals surface area (Å²) in [7, 11) is 0. The smallest absolute Gasteiger partial charge is 0.119 e. The van der Waals surface area contributed by atoms with Gasteiger partial charge in [0, 0.05) is 0 Å². The first-order chi connectivity index (χ1) is 8.01. The zero-order chi connectivity index (χ0) is 12.2. The second-order valence-electron chi connectivity index (χ2n) is 6.61. The first-order valence-corrected chi connectivity index (χ1v) is 6.79. The summed E-state index contributed by atoms with van der Waals surface area (Å²) in [5.41, 5.74) is 1.67. The maximum Gasteiger partial charge on any atom is 0.119 e. The lowest BCUT2D eigenvalue weighted by Crippen LogP contribution is -2.32. The topological polar surface area (TPSA) is 20.2 Å². The van der Waals surface area contributed by atoms with Crippen LogP contribution in [0.5, 0.6) is 5.75 Å². The van der Waals surface area contributed by atoms with Crippen molar-refractivity contribution in [1.82, 2.24) is 0 Å². The van der Waals surface area contributed by atoms with Crippen molar-refractivity contribution in [3.05, 3.63) is 29.8 Å². The van der Waals surface area contributed by atoms with E-state index in [-0.39, 0.29) is 0 Å². The van der Waals surface area contributed by atoms with E-state index in [2.05, 4.69) is 32.9 Å². The number of phenols is 1. The van der Waals surface area contributed by atoms with Crippen LogP contribution in [-0.4, -0.2) is 5.11 Å². The second-order valence-corrected chi connectivity index (χ2v) is 6.61. The van der Waals surface area contributed by atoms with Gasteiger partial charge in [0.1, 0.15) is 5.75 Å².